The Labute approximate surface area is 362 Å². The number of rotatable bonds is 4. The lowest BCUT2D eigenvalue weighted by atomic mass is 9.52. The van der Waals surface area contributed by atoms with Gasteiger partial charge in [0, 0.05) is 11.1 Å². The highest BCUT2D eigenvalue weighted by atomic mass is 14.7. The van der Waals surface area contributed by atoms with E-state index < -0.39 is 10.8 Å². The van der Waals surface area contributed by atoms with E-state index in [0.29, 0.717) is 0 Å². The van der Waals surface area contributed by atoms with Gasteiger partial charge in [0.2, 0.25) is 0 Å². The molecule has 0 bridgehead atoms. The Balaban J connectivity index is 1.10. The molecule has 1 heterocycles. The second-order valence-corrected chi connectivity index (χ2v) is 16.9. The molecule has 13 rings (SSSR count). The summed E-state index contributed by atoms with van der Waals surface area (Å²) in [4.78, 5) is 5.61. The molecule has 0 N–H and O–H groups in total. The molecule has 0 unspecified atom stereocenters. The van der Waals surface area contributed by atoms with E-state index in [4.69, 9.17) is 4.98 Å². The molecule has 0 amide bonds. The van der Waals surface area contributed by atoms with Gasteiger partial charge in [0.1, 0.15) is 0 Å². The van der Waals surface area contributed by atoms with E-state index in [1.54, 1.807) is 0 Å². The molecular weight excluding hydrogens is 747 g/mol. The number of nitrogens with zero attached hydrogens (tertiary/aromatic N) is 1. The van der Waals surface area contributed by atoms with Crippen LogP contribution in [0.25, 0.3) is 67.0 Å². The highest BCUT2D eigenvalue weighted by Gasteiger charge is 2.59. The predicted molar refractivity (Wildman–Crippen MR) is 254 cm³/mol. The minimum Gasteiger partial charge on any atom is -0.248 e. The summed E-state index contributed by atoms with van der Waals surface area (Å²) in [7, 11) is 0. The monoisotopic (exact) mass is 785 g/mol. The van der Waals surface area contributed by atoms with Crippen LogP contribution in [0.15, 0.2) is 237 Å². The number of benzene rings is 9. The summed E-state index contributed by atoms with van der Waals surface area (Å²) in [6.45, 7) is 0. The van der Waals surface area contributed by atoms with Crippen LogP contribution in [0.1, 0.15) is 44.5 Å². The molecule has 1 nitrogen and oxygen atoms in total. The van der Waals surface area contributed by atoms with Gasteiger partial charge >= 0.3 is 0 Å². The topological polar surface area (TPSA) is 12.9 Å². The van der Waals surface area contributed by atoms with Crippen molar-refractivity contribution in [2.24, 2.45) is 0 Å². The summed E-state index contributed by atoms with van der Waals surface area (Å²) in [5.41, 5.74) is 23.5. The molecule has 1 heteroatoms. The summed E-state index contributed by atoms with van der Waals surface area (Å²) < 4.78 is 0. The van der Waals surface area contributed by atoms with Crippen molar-refractivity contribution < 1.29 is 0 Å². The Morgan fingerprint density at radius 3 is 1.18 bits per heavy atom. The second-order valence-electron chi connectivity index (χ2n) is 16.9. The van der Waals surface area contributed by atoms with Gasteiger partial charge in [-0.1, -0.05) is 218 Å². The Hall–Kier alpha value is -7.87. The van der Waals surface area contributed by atoms with Crippen molar-refractivity contribution in [3.8, 4) is 67.0 Å². The first kappa shape index (κ1) is 34.9. The number of pyridine rings is 1. The zero-order chi connectivity index (χ0) is 40.8. The fourth-order valence-corrected chi connectivity index (χ4v) is 11.6. The molecule has 3 aliphatic rings. The van der Waals surface area contributed by atoms with Gasteiger partial charge < -0.3 is 0 Å². The van der Waals surface area contributed by atoms with Crippen LogP contribution in [0.4, 0.5) is 0 Å². The first-order chi connectivity index (χ1) is 30.8. The van der Waals surface area contributed by atoms with Gasteiger partial charge in [-0.15, -0.1) is 0 Å². The molecule has 0 saturated heterocycles. The predicted octanol–water partition coefficient (Wildman–Crippen LogP) is 14.8. The van der Waals surface area contributed by atoms with Crippen molar-refractivity contribution in [2.75, 3.05) is 0 Å². The number of fused-ring (bicyclic) bond motifs is 16. The van der Waals surface area contributed by atoms with Gasteiger partial charge in [-0.2, -0.15) is 0 Å². The minimum atomic E-state index is -0.573. The van der Waals surface area contributed by atoms with E-state index in [1.165, 1.54) is 83.5 Å². The molecule has 1 aromatic heterocycles. The molecule has 62 heavy (non-hydrogen) atoms. The maximum Gasteiger partial charge on any atom is 0.0722 e. The average Bonchev–Trinajstić information content (AvgIpc) is 3.82. The van der Waals surface area contributed by atoms with Crippen LogP contribution in [0.2, 0.25) is 0 Å². The number of hydrogen-bond donors (Lipinski definition) is 0. The fraction of sp³-hybridized carbons (Fsp3) is 0.0328. The lowest BCUT2D eigenvalue weighted by molar-refractivity contribution is 0.633. The van der Waals surface area contributed by atoms with Crippen LogP contribution < -0.4 is 0 Å². The molecule has 0 aliphatic heterocycles. The zero-order valence-electron chi connectivity index (χ0n) is 34.0. The molecule has 3 aliphatic carbocycles. The van der Waals surface area contributed by atoms with E-state index in [1.807, 2.05) is 0 Å². The van der Waals surface area contributed by atoms with Crippen LogP contribution >= 0.6 is 0 Å². The van der Waals surface area contributed by atoms with Crippen molar-refractivity contribution in [2.45, 2.75) is 10.8 Å². The Bertz CT molecular complexity index is 3320. The number of aromatic nitrogens is 1. The fourth-order valence-electron chi connectivity index (χ4n) is 11.6. The summed E-state index contributed by atoms with van der Waals surface area (Å²) in [6.07, 6.45) is 0. The third-order valence-corrected chi connectivity index (χ3v) is 14.0. The quantitative estimate of drug-likeness (QED) is 0.173. The summed E-state index contributed by atoms with van der Waals surface area (Å²) in [6, 6.07) is 87.7. The van der Waals surface area contributed by atoms with Gasteiger partial charge in [-0.25, -0.2) is 4.98 Å². The molecular formula is C61H39N. The summed E-state index contributed by atoms with van der Waals surface area (Å²) in [5.74, 6) is 0. The smallest absolute Gasteiger partial charge is 0.0722 e. The average molecular weight is 786 g/mol. The lowest BCUT2D eigenvalue weighted by Crippen LogP contribution is -2.43. The molecule has 2 spiro atoms. The van der Waals surface area contributed by atoms with Gasteiger partial charge in [-0.05, 0) is 107 Å². The molecule has 0 atom stereocenters. The van der Waals surface area contributed by atoms with Gasteiger partial charge in [0.05, 0.1) is 22.2 Å². The largest absolute Gasteiger partial charge is 0.248 e. The van der Waals surface area contributed by atoms with Crippen LogP contribution in [0.5, 0.6) is 0 Å². The minimum absolute atomic E-state index is 0.476. The van der Waals surface area contributed by atoms with Crippen molar-refractivity contribution >= 4 is 0 Å². The maximum atomic E-state index is 5.61. The van der Waals surface area contributed by atoms with Crippen LogP contribution in [0, 0.1) is 0 Å². The third-order valence-electron chi connectivity index (χ3n) is 14.0. The highest BCUT2D eigenvalue weighted by Crippen LogP contribution is 2.68. The highest BCUT2D eigenvalue weighted by molar-refractivity contribution is 5.98. The van der Waals surface area contributed by atoms with Gasteiger partial charge in [0.25, 0.3) is 0 Å². The van der Waals surface area contributed by atoms with E-state index in [-0.39, 0.29) is 0 Å². The third kappa shape index (κ3) is 4.65. The van der Waals surface area contributed by atoms with Crippen molar-refractivity contribution in [3.05, 3.63) is 281 Å². The SMILES string of the molecule is c1ccc(-c2cccc(-c3cc(-c4ccccc4)cc(-c4cccc5c4-c4ccccc4C54c5ccccc5C5(c6ccccc6-c6ccccc65)c5ccccc54)n3)c2)cc1. The first-order valence-corrected chi connectivity index (χ1v) is 21.6. The summed E-state index contributed by atoms with van der Waals surface area (Å²) >= 11 is 0. The van der Waals surface area contributed by atoms with Gasteiger partial charge in [-0.3, -0.25) is 0 Å². The Kier molecular flexibility index (Phi) is 7.50. The molecule has 0 saturated carbocycles. The number of hydrogen-bond acceptors (Lipinski definition) is 1. The van der Waals surface area contributed by atoms with E-state index >= 15 is 0 Å². The standard InChI is InChI=1S/C61H39N/c1-3-19-40(20-4-1)42-23-17-24-43(37-42)57-38-44(41-21-5-2-6-22-41)39-58(62-57)48-28-18-36-56-59(48)47-27-9-12-31-51(47)61(56)54-34-15-13-32-52(54)60(53-33-14-16-35-55(53)61)49-29-10-7-25-45(49)46-26-8-11-30-50(46)60/h1-39H. The van der Waals surface area contributed by atoms with Crippen LogP contribution in [-0.2, 0) is 10.8 Å². The zero-order valence-corrected chi connectivity index (χ0v) is 34.0. The van der Waals surface area contributed by atoms with Crippen LogP contribution in [-0.4, -0.2) is 4.98 Å². The van der Waals surface area contributed by atoms with E-state index in [0.717, 1.165) is 28.1 Å². The van der Waals surface area contributed by atoms with Crippen LogP contribution in [0.3, 0.4) is 0 Å². The first-order valence-electron chi connectivity index (χ1n) is 21.6. The normalized spacial score (nSPS) is 14.1. The Morgan fingerprint density at radius 1 is 0.226 bits per heavy atom. The molecule has 0 radical (unpaired) electrons. The van der Waals surface area contributed by atoms with E-state index in [9.17, 15) is 0 Å². The van der Waals surface area contributed by atoms with Crippen molar-refractivity contribution in [3.63, 3.8) is 0 Å². The second kappa shape index (κ2) is 13.3. The van der Waals surface area contributed by atoms with Crippen molar-refractivity contribution in [1.82, 2.24) is 4.98 Å². The molecule has 0 fully saturated rings. The maximum absolute atomic E-state index is 5.61. The molecule has 10 aromatic rings. The lowest BCUT2D eigenvalue weighted by Gasteiger charge is -2.48. The van der Waals surface area contributed by atoms with E-state index in [2.05, 4.69) is 237 Å². The van der Waals surface area contributed by atoms with Gasteiger partial charge in [0.15, 0.2) is 0 Å². The Morgan fingerprint density at radius 2 is 0.597 bits per heavy atom. The summed E-state index contributed by atoms with van der Waals surface area (Å²) in [5, 5.41) is 0. The van der Waals surface area contributed by atoms with Crippen molar-refractivity contribution in [1.29, 1.82) is 0 Å². The molecule has 9 aromatic carbocycles. The molecule has 288 valence electrons.